The van der Waals surface area contributed by atoms with Crippen LogP contribution in [0.4, 0.5) is 5.69 Å². The van der Waals surface area contributed by atoms with Crippen molar-refractivity contribution in [1.29, 1.82) is 0 Å². The van der Waals surface area contributed by atoms with E-state index in [0.29, 0.717) is 17.4 Å². The highest BCUT2D eigenvalue weighted by atomic mass is 35.5. The first-order chi connectivity index (χ1) is 9.75. The van der Waals surface area contributed by atoms with Gasteiger partial charge < -0.3 is 5.32 Å². The lowest BCUT2D eigenvalue weighted by Crippen LogP contribution is -2.18. The Morgan fingerprint density at radius 2 is 1.90 bits per heavy atom. The van der Waals surface area contributed by atoms with E-state index in [9.17, 15) is 4.79 Å². The molecule has 0 fully saturated rings. The zero-order valence-corrected chi connectivity index (χ0v) is 11.7. The molecular formula is C17H14ClNO. The molecular weight excluding hydrogens is 270 g/mol. The molecule has 0 spiro atoms. The lowest BCUT2D eigenvalue weighted by molar-refractivity contribution is 0.0967. The third kappa shape index (κ3) is 1.61. The summed E-state index contributed by atoms with van der Waals surface area (Å²) >= 11 is 6.25. The highest BCUT2D eigenvalue weighted by Crippen LogP contribution is 2.51. The van der Waals surface area contributed by atoms with Gasteiger partial charge in [-0.3, -0.25) is 4.79 Å². The van der Waals surface area contributed by atoms with Crippen molar-refractivity contribution >= 4 is 23.1 Å². The number of carbonyl (C=O) groups is 1. The molecule has 2 aromatic carbocycles. The monoisotopic (exact) mass is 283 g/mol. The Labute approximate surface area is 122 Å². The van der Waals surface area contributed by atoms with Gasteiger partial charge in [-0.1, -0.05) is 41.9 Å². The molecule has 3 heteroatoms. The Kier molecular flexibility index (Phi) is 2.61. The normalized spacial score (nSPS) is 23.4. The number of rotatable bonds is 1. The summed E-state index contributed by atoms with van der Waals surface area (Å²) in [5.74, 6) is 0.525. The zero-order chi connectivity index (χ0) is 13.7. The molecule has 2 aromatic rings. The number of benzene rings is 2. The molecule has 2 nitrogen and oxygen atoms in total. The minimum Gasteiger partial charge on any atom is -0.377 e. The maximum absolute atomic E-state index is 12.2. The van der Waals surface area contributed by atoms with E-state index in [1.165, 1.54) is 5.56 Å². The fourth-order valence-electron chi connectivity index (χ4n) is 3.52. The maximum atomic E-state index is 12.2. The van der Waals surface area contributed by atoms with Crippen LogP contribution < -0.4 is 5.32 Å². The van der Waals surface area contributed by atoms with Gasteiger partial charge in [0.05, 0.1) is 11.1 Å². The van der Waals surface area contributed by atoms with Gasteiger partial charge in [0.2, 0.25) is 0 Å². The SMILES string of the molecule is O=C1CCC2c3c(ccc(Cl)c31)NC2c1ccccc1. The molecule has 1 aliphatic heterocycles. The first-order valence-electron chi connectivity index (χ1n) is 6.93. The van der Waals surface area contributed by atoms with Gasteiger partial charge in [0.25, 0.3) is 0 Å². The van der Waals surface area contributed by atoms with Gasteiger partial charge in [0.15, 0.2) is 5.78 Å². The average molecular weight is 284 g/mol. The second-order valence-corrected chi connectivity index (χ2v) is 5.89. The lowest BCUT2D eigenvalue weighted by atomic mass is 9.78. The number of hydrogen-bond donors (Lipinski definition) is 1. The Bertz CT molecular complexity index is 696. The lowest BCUT2D eigenvalue weighted by Gasteiger charge is -2.25. The standard InChI is InChI=1S/C17H14ClNO/c18-12-7-8-13-15-11(6-9-14(20)16(12)15)17(19-13)10-4-2-1-3-5-10/h1-5,7-8,11,17,19H,6,9H2. The first-order valence-corrected chi connectivity index (χ1v) is 7.30. The van der Waals surface area contributed by atoms with Gasteiger partial charge in [0.1, 0.15) is 0 Å². The summed E-state index contributed by atoms with van der Waals surface area (Å²) < 4.78 is 0. The van der Waals surface area contributed by atoms with E-state index in [4.69, 9.17) is 11.6 Å². The van der Waals surface area contributed by atoms with E-state index >= 15 is 0 Å². The van der Waals surface area contributed by atoms with Crippen LogP contribution >= 0.6 is 11.6 Å². The Morgan fingerprint density at radius 1 is 1.10 bits per heavy atom. The molecule has 20 heavy (non-hydrogen) atoms. The quantitative estimate of drug-likeness (QED) is 0.831. The molecule has 1 N–H and O–H groups in total. The van der Waals surface area contributed by atoms with Crippen LogP contribution in [-0.2, 0) is 0 Å². The van der Waals surface area contributed by atoms with E-state index < -0.39 is 0 Å². The summed E-state index contributed by atoms with van der Waals surface area (Å²) in [7, 11) is 0. The molecule has 2 atom stereocenters. The molecule has 1 heterocycles. The molecule has 0 amide bonds. The average Bonchev–Trinajstić information content (AvgIpc) is 2.85. The van der Waals surface area contributed by atoms with Crippen LogP contribution in [0.1, 0.15) is 46.3 Å². The molecule has 4 rings (SSSR count). The Hall–Kier alpha value is -1.80. The van der Waals surface area contributed by atoms with Crippen LogP contribution in [0, 0.1) is 0 Å². The largest absolute Gasteiger partial charge is 0.377 e. The van der Waals surface area contributed by atoms with Crippen LogP contribution in [0.3, 0.4) is 0 Å². The number of hydrogen-bond acceptors (Lipinski definition) is 2. The van der Waals surface area contributed by atoms with Gasteiger partial charge in [-0.2, -0.15) is 0 Å². The van der Waals surface area contributed by atoms with Crippen molar-refractivity contribution in [3.8, 4) is 0 Å². The molecule has 2 aliphatic rings. The molecule has 1 aliphatic carbocycles. The fraction of sp³-hybridized carbons (Fsp3) is 0.235. The fourth-order valence-corrected chi connectivity index (χ4v) is 3.79. The van der Waals surface area contributed by atoms with Crippen molar-refractivity contribution < 1.29 is 4.79 Å². The van der Waals surface area contributed by atoms with Gasteiger partial charge >= 0.3 is 0 Å². The molecule has 0 saturated carbocycles. The van der Waals surface area contributed by atoms with Crippen LogP contribution in [-0.4, -0.2) is 5.78 Å². The summed E-state index contributed by atoms with van der Waals surface area (Å²) in [5, 5.41) is 4.16. The molecule has 0 bridgehead atoms. The topological polar surface area (TPSA) is 29.1 Å². The van der Waals surface area contributed by atoms with Crippen molar-refractivity contribution in [2.45, 2.75) is 24.8 Å². The summed E-state index contributed by atoms with van der Waals surface area (Å²) in [6.07, 6.45) is 1.48. The molecule has 100 valence electrons. The van der Waals surface area contributed by atoms with Crippen molar-refractivity contribution in [2.75, 3.05) is 5.32 Å². The van der Waals surface area contributed by atoms with E-state index in [-0.39, 0.29) is 11.8 Å². The predicted octanol–water partition coefficient (Wildman–Crippen LogP) is 4.57. The van der Waals surface area contributed by atoms with Crippen molar-refractivity contribution in [2.24, 2.45) is 0 Å². The summed E-state index contributed by atoms with van der Waals surface area (Å²) in [6.45, 7) is 0. The highest BCUT2D eigenvalue weighted by molar-refractivity contribution is 6.34. The second kappa shape index (κ2) is 4.35. The second-order valence-electron chi connectivity index (χ2n) is 5.48. The summed E-state index contributed by atoms with van der Waals surface area (Å²) in [6, 6.07) is 14.5. The van der Waals surface area contributed by atoms with Crippen molar-refractivity contribution in [1.82, 2.24) is 0 Å². The van der Waals surface area contributed by atoms with Gasteiger partial charge in [0, 0.05) is 23.6 Å². The number of carbonyl (C=O) groups excluding carboxylic acids is 1. The van der Waals surface area contributed by atoms with Crippen molar-refractivity contribution in [3.63, 3.8) is 0 Å². The molecule has 2 unspecified atom stereocenters. The van der Waals surface area contributed by atoms with E-state index in [2.05, 4.69) is 29.6 Å². The van der Waals surface area contributed by atoms with Gasteiger partial charge in [-0.25, -0.2) is 0 Å². The van der Waals surface area contributed by atoms with Crippen LogP contribution in [0.15, 0.2) is 42.5 Å². The van der Waals surface area contributed by atoms with Crippen LogP contribution in [0.25, 0.3) is 0 Å². The van der Waals surface area contributed by atoms with Gasteiger partial charge in [-0.05, 0) is 29.7 Å². The minimum atomic E-state index is 0.179. The number of halogens is 1. The zero-order valence-electron chi connectivity index (χ0n) is 10.9. The smallest absolute Gasteiger partial charge is 0.164 e. The number of nitrogens with one attached hydrogen (secondary N) is 1. The Balaban J connectivity index is 1.87. The number of anilines is 1. The first kappa shape index (κ1) is 12.0. The van der Waals surface area contributed by atoms with Crippen LogP contribution in [0.5, 0.6) is 0 Å². The minimum absolute atomic E-state index is 0.179. The third-order valence-corrected chi connectivity index (χ3v) is 4.71. The maximum Gasteiger partial charge on any atom is 0.164 e. The molecule has 0 radical (unpaired) electrons. The van der Waals surface area contributed by atoms with Gasteiger partial charge in [-0.15, -0.1) is 0 Å². The molecule has 0 aromatic heterocycles. The number of Topliss-reactive ketones (excluding diaryl/α,β-unsaturated/α-hetero) is 1. The highest BCUT2D eigenvalue weighted by Gasteiger charge is 2.40. The summed E-state index contributed by atoms with van der Waals surface area (Å²) in [5.41, 5.74) is 4.20. The van der Waals surface area contributed by atoms with Crippen LogP contribution in [0.2, 0.25) is 5.02 Å². The number of ketones is 1. The van der Waals surface area contributed by atoms with E-state index in [1.54, 1.807) is 0 Å². The van der Waals surface area contributed by atoms with E-state index in [1.807, 2.05) is 18.2 Å². The summed E-state index contributed by atoms with van der Waals surface area (Å²) in [4.78, 5) is 12.2. The van der Waals surface area contributed by atoms with Crippen molar-refractivity contribution in [3.05, 3.63) is 64.2 Å². The third-order valence-electron chi connectivity index (χ3n) is 4.40. The predicted molar refractivity (Wildman–Crippen MR) is 80.6 cm³/mol. The molecule has 0 saturated heterocycles. The van der Waals surface area contributed by atoms with E-state index in [0.717, 1.165) is 23.2 Å². The Morgan fingerprint density at radius 3 is 2.70 bits per heavy atom.